The maximum absolute atomic E-state index is 12.1. The Labute approximate surface area is 156 Å². The van der Waals surface area contributed by atoms with Gasteiger partial charge in [-0.3, -0.25) is 4.52 Å². The summed E-state index contributed by atoms with van der Waals surface area (Å²) >= 11 is 1.42. The highest BCUT2D eigenvalue weighted by Crippen LogP contribution is 2.22. The third-order valence-electron chi connectivity index (χ3n) is 3.77. The summed E-state index contributed by atoms with van der Waals surface area (Å²) < 4.78 is 30.7. The van der Waals surface area contributed by atoms with Crippen LogP contribution in [0.25, 0.3) is 16.4 Å². The molecule has 0 N–H and O–H groups in total. The molecule has 138 valence electrons. The van der Waals surface area contributed by atoms with E-state index >= 15 is 0 Å². The Hall–Kier alpha value is -3.12. The predicted octanol–water partition coefficient (Wildman–Crippen LogP) is 0.992. The molecule has 4 rings (SSSR count). The number of hydrogen-bond donors (Lipinski definition) is 0. The molecule has 0 saturated carbocycles. The lowest BCUT2D eigenvalue weighted by Gasteiger charge is -2.06. The third kappa shape index (κ3) is 3.31. The zero-order valence-electron chi connectivity index (χ0n) is 13.9. The highest BCUT2D eigenvalue weighted by molar-refractivity contribution is 7.90. The van der Waals surface area contributed by atoms with Gasteiger partial charge in [0.25, 0.3) is 0 Å². The molecule has 3 aromatic heterocycles. The van der Waals surface area contributed by atoms with Crippen molar-refractivity contribution in [3.05, 3.63) is 58.2 Å². The van der Waals surface area contributed by atoms with Crippen molar-refractivity contribution in [2.45, 2.75) is 11.4 Å². The summed E-state index contributed by atoms with van der Waals surface area (Å²) in [7, 11) is -3.30. The van der Waals surface area contributed by atoms with Crippen LogP contribution >= 0.6 is 11.3 Å². The number of sulfone groups is 1. The van der Waals surface area contributed by atoms with E-state index in [9.17, 15) is 13.2 Å². The van der Waals surface area contributed by atoms with Crippen molar-refractivity contribution < 1.29 is 12.9 Å². The van der Waals surface area contributed by atoms with Crippen molar-refractivity contribution in [2.75, 3.05) is 6.26 Å². The van der Waals surface area contributed by atoms with Gasteiger partial charge in [0.15, 0.2) is 21.5 Å². The van der Waals surface area contributed by atoms with Gasteiger partial charge in [-0.25, -0.2) is 17.8 Å². The summed E-state index contributed by atoms with van der Waals surface area (Å²) in [6.45, 7) is 0.0381. The largest absolute Gasteiger partial charge is 0.442 e. The Kier molecular flexibility index (Phi) is 4.20. The van der Waals surface area contributed by atoms with E-state index in [1.807, 2.05) is 17.5 Å². The van der Waals surface area contributed by atoms with E-state index in [1.54, 1.807) is 12.1 Å². The zero-order chi connectivity index (χ0) is 19.0. The molecule has 0 fully saturated rings. The molecule has 0 aliphatic carbocycles. The summed E-state index contributed by atoms with van der Waals surface area (Å²) in [5.74, 6) is 0.127. The van der Waals surface area contributed by atoms with Crippen LogP contribution in [-0.4, -0.2) is 44.6 Å². The second-order valence-electron chi connectivity index (χ2n) is 5.61. The molecular formula is C15H12N6O4S2. The van der Waals surface area contributed by atoms with E-state index in [0.717, 1.165) is 11.1 Å². The van der Waals surface area contributed by atoms with Crippen molar-refractivity contribution in [3.8, 4) is 16.4 Å². The van der Waals surface area contributed by atoms with Crippen molar-refractivity contribution in [2.24, 2.45) is 0 Å². The topological polar surface area (TPSA) is 126 Å². The second-order valence-corrected chi connectivity index (χ2v) is 8.57. The van der Waals surface area contributed by atoms with Gasteiger partial charge in [-0.15, -0.1) is 16.4 Å². The van der Waals surface area contributed by atoms with Gasteiger partial charge in [-0.1, -0.05) is 11.2 Å². The summed E-state index contributed by atoms with van der Waals surface area (Å²) in [4.78, 5) is 13.0. The van der Waals surface area contributed by atoms with Gasteiger partial charge in [0.05, 0.1) is 22.0 Å². The Bertz CT molecular complexity index is 1240. The summed E-state index contributed by atoms with van der Waals surface area (Å²) in [6, 6.07) is 9.79. The number of benzene rings is 1. The first-order valence-corrected chi connectivity index (χ1v) is 10.4. The molecule has 3 heterocycles. The van der Waals surface area contributed by atoms with Gasteiger partial charge in [0.1, 0.15) is 0 Å². The van der Waals surface area contributed by atoms with Crippen LogP contribution in [0.4, 0.5) is 0 Å². The normalized spacial score (nSPS) is 11.7. The lowest BCUT2D eigenvalue weighted by atomic mass is 10.3. The monoisotopic (exact) mass is 404 g/mol. The maximum Gasteiger partial charge on any atom is 0.442 e. The number of nitrogens with zero attached hydrogens (tertiary/aromatic N) is 6. The molecule has 0 amide bonds. The van der Waals surface area contributed by atoms with Crippen LogP contribution in [0.1, 0.15) is 5.82 Å². The molecular weight excluding hydrogens is 392 g/mol. The standard InChI is InChI=1S/C15H12N6O4S2/c1-27(23,24)11-6-4-10(5-7-11)21-13(16-18-19-21)9-20-14(17-25-15(20)22)12-3-2-8-26-12/h2-8H,9H2,1H3. The van der Waals surface area contributed by atoms with Crippen LogP contribution in [0.2, 0.25) is 0 Å². The molecule has 0 bridgehead atoms. The van der Waals surface area contributed by atoms with E-state index in [4.69, 9.17) is 4.52 Å². The predicted molar refractivity (Wildman–Crippen MR) is 95.4 cm³/mol. The highest BCUT2D eigenvalue weighted by atomic mass is 32.2. The molecule has 0 unspecified atom stereocenters. The minimum Gasteiger partial charge on any atom is -0.295 e. The van der Waals surface area contributed by atoms with Crippen molar-refractivity contribution in [3.63, 3.8) is 0 Å². The van der Waals surface area contributed by atoms with E-state index in [1.165, 1.54) is 32.7 Å². The van der Waals surface area contributed by atoms with Gasteiger partial charge in [0.2, 0.25) is 0 Å². The van der Waals surface area contributed by atoms with Gasteiger partial charge in [0, 0.05) is 6.26 Å². The Morgan fingerprint density at radius 2 is 1.96 bits per heavy atom. The summed E-state index contributed by atoms with van der Waals surface area (Å²) in [5.41, 5.74) is 0.560. The fraction of sp³-hybridized carbons (Fsp3) is 0.133. The molecule has 0 aliphatic rings. The quantitative estimate of drug-likeness (QED) is 0.482. The zero-order valence-corrected chi connectivity index (χ0v) is 15.5. The Morgan fingerprint density at radius 1 is 1.19 bits per heavy atom. The van der Waals surface area contributed by atoms with E-state index in [0.29, 0.717) is 17.3 Å². The van der Waals surface area contributed by atoms with Crippen molar-refractivity contribution in [1.29, 1.82) is 0 Å². The van der Waals surface area contributed by atoms with Crippen molar-refractivity contribution >= 4 is 21.2 Å². The molecule has 27 heavy (non-hydrogen) atoms. The summed E-state index contributed by atoms with van der Waals surface area (Å²) in [6.07, 6.45) is 1.13. The minimum atomic E-state index is -3.30. The van der Waals surface area contributed by atoms with Crippen LogP contribution < -0.4 is 5.76 Å². The number of rotatable bonds is 5. The minimum absolute atomic E-state index is 0.0381. The molecule has 0 aliphatic heterocycles. The first kappa shape index (κ1) is 17.3. The number of hydrogen-bond acceptors (Lipinski definition) is 9. The number of thiophene rings is 1. The fourth-order valence-corrected chi connectivity index (χ4v) is 3.82. The molecule has 4 aromatic rings. The average Bonchev–Trinajstić information content (AvgIpc) is 3.37. The van der Waals surface area contributed by atoms with Crippen LogP contribution in [0, 0.1) is 0 Å². The van der Waals surface area contributed by atoms with E-state index < -0.39 is 15.6 Å². The second kappa shape index (κ2) is 6.55. The smallest absolute Gasteiger partial charge is 0.295 e. The molecule has 10 nitrogen and oxygen atoms in total. The lowest BCUT2D eigenvalue weighted by molar-refractivity contribution is 0.377. The van der Waals surface area contributed by atoms with Crippen molar-refractivity contribution in [1.82, 2.24) is 29.9 Å². The molecule has 0 radical (unpaired) electrons. The van der Waals surface area contributed by atoms with Gasteiger partial charge in [-0.05, 0) is 46.1 Å². The average molecular weight is 404 g/mol. The van der Waals surface area contributed by atoms with Gasteiger partial charge in [-0.2, -0.15) is 4.68 Å². The summed E-state index contributed by atoms with van der Waals surface area (Å²) in [5, 5.41) is 17.2. The fourth-order valence-electron chi connectivity index (χ4n) is 2.47. The van der Waals surface area contributed by atoms with Crippen LogP contribution in [-0.2, 0) is 16.4 Å². The molecule has 12 heteroatoms. The third-order valence-corrected chi connectivity index (χ3v) is 5.77. The van der Waals surface area contributed by atoms with Crippen LogP contribution in [0.3, 0.4) is 0 Å². The Morgan fingerprint density at radius 3 is 2.63 bits per heavy atom. The van der Waals surface area contributed by atoms with Gasteiger partial charge >= 0.3 is 5.76 Å². The lowest BCUT2D eigenvalue weighted by Crippen LogP contribution is -2.19. The van der Waals surface area contributed by atoms with E-state index in [-0.39, 0.29) is 11.4 Å². The molecule has 0 spiro atoms. The van der Waals surface area contributed by atoms with Crippen LogP contribution in [0.5, 0.6) is 0 Å². The first-order valence-electron chi connectivity index (χ1n) is 7.61. The molecule has 1 aromatic carbocycles. The number of tetrazole rings is 1. The molecule has 0 saturated heterocycles. The molecule has 0 atom stereocenters. The van der Waals surface area contributed by atoms with E-state index in [2.05, 4.69) is 20.7 Å². The maximum atomic E-state index is 12.1. The first-order chi connectivity index (χ1) is 12.9. The highest BCUT2D eigenvalue weighted by Gasteiger charge is 2.18. The van der Waals surface area contributed by atoms with Gasteiger partial charge < -0.3 is 0 Å². The number of aromatic nitrogens is 6. The Balaban J connectivity index is 1.70. The SMILES string of the molecule is CS(=O)(=O)c1ccc(-n2nnnc2Cn2c(-c3cccs3)noc2=O)cc1. The van der Waals surface area contributed by atoms with Crippen LogP contribution in [0.15, 0.2) is 56.0 Å².